The molecule has 1 aromatic carbocycles. The summed E-state index contributed by atoms with van der Waals surface area (Å²) in [6.45, 7) is 1.65. The van der Waals surface area contributed by atoms with Crippen molar-refractivity contribution in [3.8, 4) is 6.07 Å². The highest BCUT2D eigenvalue weighted by Crippen LogP contribution is 2.23. The van der Waals surface area contributed by atoms with Crippen LogP contribution in [0.3, 0.4) is 0 Å². The van der Waals surface area contributed by atoms with Crippen molar-refractivity contribution in [2.75, 3.05) is 13.1 Å². The Morgan fingerprint density at radius 3 is 2.50 bits per heavy atom. The maximum Gasteiger partial charge on any atom is 0.123 e. The van der Waals surface area contributed by atoms with Gasteiger partial charge in [-0.05, 0) is 5.56 Å². The molecule has 1 aromatic rings. The number of likely N-dealkylation sites (tertiary alicyclic amines) is 1. The van der Waals surface area contributed by atoms with E-state index in [4.69, 9.17) is 11.0 Å². The third-order valence-electron chi connectivity index (χ3n) is 2.54. The molecule has 1 unspecified atom stereocenters. The molecular weight excluding hydrogens is 174 g/mol. The van der Waals surface area contributed by atoms with Gasteiger partial charge in [-0.3, -0.25) is 4.90 Å². The van der Waals surface area contributed by atoms with Gasteiger partial charge >= 0.3 is 0 Å². The Bertz CT molecular complexity index is 335. The van der Waals surface area contributed by atoms with E-state index in [9.17, 15) is 0 Å². The van der Waals surface area contributed by atoms with Crippen molar-refractivity contribution in [2.24, 2.45) is 5.73 Å². The standard InChI is InChI=1S/C11H13N3/c12-6-11(14-7-10(13)8-14)9-4-2-1-3-5-9/h1-5,10-11H,7-8,13H2. The third-order valence-corrected chi connectivity index (χ3v) is 2.54. The Balaban J connectivity index is 2.12. The Morgan fingerprint density at radius 2 is 2.00 bits per heavy atom. The zero-order valence-electron chi connectivity index (χ0n) is 7.93. The first kappa shape index (κ1) is 9.20. The minimum absolute atomic E-state index is 0.129. The zero-order valence-corrected chi connectivity index (χ0v) is 7.93. The number of hydrogen-bond donors (Lipinski definition) is 1. The topological polar surface area (TPSA) is 53.0 Å². The van der Waals surface area contributed by atoms with Gasteiger partial charge in [-0.1, -0.05) is 30.3 Å². The summed E-state index contributed by atoms with van der Waals surface area (Å²) in [5, 5.41) is 9.07. The van der Waals surface area contributed by atoms with Gasteiger partial charge in [0.05, 0.1) is 6.07 Å². The highest BCUT2D eigenvalue weighted by Gasteiger charge is 2.30. The van der Waals surface area contributed by atoms with Crippen LogP contribution in [0.25, 0.3) is 0 Å². The normalized spacial score (nSPS) is 19.7. The number of rotatable bonds is 2. The summed E-state index contributed by atoms with van der Waals surface area (Å²) in [6, 6.07) is 12.3. The molecule has 0 saturated carbocycles. The largest absolute Gasteiger partial charge is 0.325 e. The maximum atomic E-state index is 9.07. The van der Waals surface area contributed by atoms with E-state index in [-0.39, 0.29) is 12.1 Å². The average molecular weight is 187 g/mol. The van der Waals surface area contributed by atoms with Crippen LogP contribution in [0.15, 0.2) is 30.3 Å². The molecule has 0 bridgehead atoms. The Morgan fingerprint density at radius 1 is 1.36 bits per heavy atom. The molecule has 72 valence electrons. The second-order valence-electron chi connectivity index (χ2n) is 3.66. The number of nitrogens with zero attached hydrogens (tertiary/aromatic N) is 2. The zero-order chi connectivity index (χ0) is 9.97. The lowest BCUT2D eigenvalue weighted by atomic mass is 10.0. The Labute approximate surface area is 83.7 Å². The van der Waals surface area contributed by atoms with Crippen molar-refractivity contribution in [1.29, 1.82) is 5.26 Å². The molecule has 3 heteroatoms. The summed E-state index contributed by atoms with van der Waals surface area (Å²) >= 11 is 0. The van der Waals surface area contributed by atoms with Crippen LogP contribution in [0.5, 0.6) is 0 Å². The SMILES string of the molecule is N#CC(c1ccccc1)N1CC(N)C1. The highest BCUT2D eigenvalue weighted by molar-refractivity contribution is 5.24. The first-order valence-electron chi connectivity index (χ1n) is 4.75. The van der Waals surface area contributed by atoms with Gasteiger partial charge in [0.15, 0.2) is 0 Å². The highest BCUT2D eigenvalue weighted by atomic mass is 15.2. The van der Waals surface area contributed by atoms with Crippen LogP contribution < -0.4 is 5.73 Å². The van der Waals surface area contributed by atoms with Gasteiger partial charge in [-0.25, -0.2) is 0 Å². The molecule has 0 aliphatic carbocycles. The second-order valence-corrected chi connectivity index (χ2v) is 3.66. The summed E-state index contributed by atoms with van der Waals surface area (Å²) in [5.74, 6) is 0. The maximum absolute atomic E-state index is 9.07. The van der Waals surface area contributed by atoms with Gasteiger partial charge < -0.3 is 5.73 Å². The number of hydrogen-bond acceptors (Lipinski definition) is 3. The number of nitrogens with two attached hydrogens (primary N) is 1. The minimum atomic E-state index is -0.129. The van der Waals surface area contributed by atoms with Crippen LogP contribution >= 0.6 is 0 Å². The van der Waals surface area contributed by atoms with Gasteiger partial charge in [-0.2, -0.15) is 5.26 Å². The summed E-state index contributed by atoms with van der Waals surface area (Å²) in [5.41, 5.74) is 6.75. The van der Waals surface area contributed by atoms with Crippen LogP contribution in [-0.2, 0) is 0 Å². The molecule has 14 heavy (non-hydrogen) atoms. The monoisotopic (exact) mass is 187 g/mol. The van der Waals surface area contributed by atoms with E-state index < -0.39 is 0 Å². The predicted octanol–water partition coefficient (Wildman–Crippen LogP) is 0.894. The lowest BCUT2D eigenvalue weighted by molar-refractivity contribution is 0.121. The molecule has 1 saturated heterocycles. The molecule has 1 heterocycles. The van der Waals surface area contributed by atoms with Crippen molar-refractivity contribution < 1.29 is 0 Å². The molecule has 1 fully saturated rings. The molecular formula is C11H13N3. The molecule has 0 radical (unpaired) electrons. The van der Waals surface area contributed by atoms with E-state index in [0.29, 0.717) is 0 Å². The molecule has 1 aliphatic rings. The summed E-state index contributed by atoms with van der Waals surface area (Å²) < 4.78 is 0. The molecule has 1 aliphatic heterocycles. The predicted molar refractivity (Wildman–Crippen MR) is 54.3 cm³/mol. The van der Waals surface area contributed by atoms with Gasteiger partial charge in [0.1, 0.15) is 6.04 Å². The summed E-state index contributed by atoms with van der Waals surface area (Å²) in [4.78, 5) is 2.10. The fourth-order valence-corrected chi connectivity index (χ4v) is 1.76. The van der Waals surface area contributed by atoms with Crippen molar-refractivity contribution in [3.05, 3.63) is 35.9 Å². The van der Waals surface area contributed by atoms with Crippen LogP contribution in [0.1, 0.15) is 11.6 Å². The van der Waals surface area contributed by atoms with E-state index >= 15 is 0 Å². The van der Waals surface area contributed by atoms with Crippen LogP contribution in [-0.4, -0.2) is 24.0 Å². The first-order valence-corrected chi connectivity index (χ1v) is 4.75. The third kappa shape index (κ3) is 1.63. The smallest absolute Gasteiger partial charge is 0.123 e. The molecule has 0 aromatic heterocycles. The quantitative estimate of drug-likeness (QED) is 0.748. The molecule has 3 nitrogen and oxygen atoms in total. The molecule has 2 rings (SSSR count). The van der Waals surface area contributed by atoms with Crippen LogP contribution in [0.2, 0.25) is 0 Å². The molecule has 2 N–H and O–H groups in total. The van der Waals surface area contributed by atoms with E-state index in [1.54, 1.807) is 0 Å². The fourth-order valence-electron chi connectivity index (χ4n) is 1.76. The van der Waals surface area contributed by atoms with Crippen molar-refractivity contribution in [3.63, 3.8) is 0 Å². The molecule has 0 spiro atoms. The van der Waals surface area contributed by atoms with Crippen molar-refractivity contribution >= 4 is 0 Å². The summed E-state index contributed by atoms with van der Waals surface area (Å²) in [6.07, 6.45) is 0. The van der Waals surface area contributed by atoms with Crippen LogP contribution in [0.4, 0.5) is 0 Å². The summed E-state index contributed by atoms with van der Waals surface area (Å²) in [7, 11) is 0. The van der Waals surface area contributed by atoms with Crippen molar-refractivity contribution in [2.45, 2.75) is 12.1 Å². The fraction of sp³-hybridized carbons (Fsp3) is 0.364. The van der Waals surface area contributed by atoms with Gasteiger partial charge in [0.2, 0.25) is 0 Å². The number of nitriles is 1. The van der Waals surface area contributed by atoms with Crippen LogP contribution in [0, 0.1) is 11.3 Å². The van der Waals surface area contributed by atoms with E-state index in [0.717, 1.165) is 18.7 Å². The first-order chi connectivity index (χ1) is 6.81. The Hall–Kier alpha value is -1.37. The molecule has 0 amide bonds. The lowest BCUT2D eigenvalue weighted by Crippen LogP contribution is -2.56. The van der Waals surface area contributed by atoms with E-state index in [2.05, 4.69) is 11.0 Å². The van der Waals surface area contributed by atoms with Gasteiger partial charge in [0, 0.05) is 19.1 Å². The van der Waals surface area contributed by atoms with E-state index in [1.165, 1.54) is 0 Å². The minimum Gasteiger partial charge on any atom is -0.325 e. The number of benzene rings is 1. The lowest BCUT2D eigenvalue weighted by Gasteiger charge is -2.39. The second kappa shape index (κ2) is 3.79. The van der Waals surface area contributed by atoms with Gasteiger partial charge in [0.25, 0.3) is 0 Å². The molecule has 1 atom stereocenters. The van der Waals surface area contributed by atoms with Crippen molar-refractivity contribution in [1.82, 2.24) is 4.90 Å². The Kier molecular flexibility index (Phi) is 2.49. The van der Waals surface area contributed by atoms with Gasteiger partial charge in [-0.15, -0.1) is 0 Å². The van der Waals surface area contributed by atoms with E-state index in [1.807, 2.05) is 30.3 Å². The average Bonchev–Trinajstić information content (AvgIpc) is 2.18.